The Balaban J connectivity index is 1.67. The lowest BCUT2D eigenvalue weighted by molar-refractivity contribution is 0.392. The van der Waals surface area contributed by atoms with Gasteiger partial charge in [0.15, 0.2) is 0 Å². The molecule has 0 saturated heterocycles. The van der Waals surface area contributed by atoms with Crippen LogP contribution in [0, 0.1) is 17.8 Å². The Labute approximate surface area is 112 Å². The van der Waals surface area contributed by atoms with Gasteiger partial charge >= 0.3 is 0 Å². The van der Waals surface area contributed by atoms with Crippen molar-refractivity contribution in [1.82, 2.24) is 0 Å². The number of halogens is 2. The molecular weight excluding hydrogens is 253 g/mol. The van der Waals surface area contributed by atoms with Crippen molar-refractivity contribution in [1.29, 1.82) is 0 Å². The third kappa shape index (κ3) is 2.33. The summed E-state index contributed by atoms with van der Waals surface area (Å²) in [5, 5.41) is 1.30. The molecule has 0 aliphatic heterocycles. The monoisotopic (exact) mass is 269 g/mol. The van der Waals surface area contributed by atoms with E-state index >= 15 is 0 Å². The second kappa shape index (κ2) is 4.46. The molecule has 3 rings (SSSR count). The van der Waals surface area contributed by atoms with E-state index in [1.54, 1.807) is 0 Å². The van der Waals surface area contributed by atoms with Crippen LogP contribution in [0.1, 0.15) is 24.8 Å². The molecule has 0 spiro atoms. The van der Waals surface area contributed by atoms with E-state index in [4.69, 9.17) is 28.9 Å². The Morgan fingerprint density at radius 3 is 2.59 bits per heavy atom. The minimum Gasteiger partial charge on any atom is -0.327 e. The van der Waals surface area contributed by atoms with Gasteiger partial charge in [0.05, 0.1) is 10.0 Å². The SMILES string of the molecule is NC(Cc1cccc(Cl)c1Cl)C1CC2CC2C1. The molecule has 2 fully saturated rings. The average Bonchev–Trinajstić information content (AvgIpc) is 2.92. The normalized spacial score (nSPS) is 32.3. The highest BCUT2D eigenvalue weighted by Gasteiger charge is 2.47. The highest BCUT2D eigenvalue weighted by Crippen LogP contribution is 2.55. The first-order chi connectivity index (χ1) is 8.15. The first-order valence-electron chi connectivity index (χ1n) is 6.33. The smallest absolute Gasteiger partial charge is 0.0624 e. The topological polar surface area (TPSA) is 26.0 Å². The first-order valence-corrected chi connectivity index (χ1v) is 7.09. The van der Waals surface area contributed by atoms with E-state index in [1.165, 1.54) is 19.3 Å². The first kappa shape index (κ1) is 11.8. The van der Waals surface area contributed by atoms with Crippen LogP contribution < -0.4 is 5.73 Å². The molecule has 3 heteroatoms. The fraction of sp³-hybridized carbons (Fsp3) is 0.571. The molecule has 2 aliphatic carbocycles. The van der Waals surface area contributed by atoms with Gasteiger partial charge in [-0.15, -0.1) is 0 Å². The standard InChI is InChI=1S/C14H17Cl2N/c15-12-3-1-2-8(14(12)16)7-13(17)11-5-9-4-10(9)6-11/h1-3,9-11,13H,4-7,17H2. The van der Waals surface area contributed by atoms with E-state index in [0.717, 1.165) is 23.8 Å². The van der Waals surface area contributed by atoms with Crippen molar-refractivity contribution in [3.63, 3.8) is 0 Å². The third-order valence-electron chi connectivity index (χ3n) is 4.37. The van der Waals surface area contributed by atoms with E-state index in [2.05, 4.69) is 0 Å². The van der Waals surface area contributed by atoms with Gasteiger partial charge in [-0.2, -0.15) is 0 Å². The summed E-state index contributed by atoms with van der Waals surface area (Å²) in [7, 11) is 0. The Morgan fingerprint density at radius 1 is 1.18 bits per heavy atom. The van der Waals surface area contributed by atoms with Gasteiger partial charge in [0.1, 0.15) is 0 Å². The fourth-order valence-electron chi connectivity index (χ4n) is 3.24. The summed E-state index contributed by atoms with van der Waals surface area (Å²) >= 11 is 12.2. The molecule has 2 N–H and O–H groups in total. The fourth-order valence-corrected chi connectivity index (χ4v) is 3.64. The molecule has 17 heavy (non-hydrogen) atoms. The van der Waals surface area contributed by atoms with Crippen molar-refractivity contribution in [3.8, 4) is 0 Å². The van der Waals surface area contributed by atoms with Gasteiger partial charge in [-0.05, 0) is 55.1 Å². The van der Waals surface area contributed by atoms with Crippen LogP contribution in [0.2, 0.25) is 10.0 Å². The van der Waals surface area contributed by atoms with E-state index in [9.17, 15) is 0 Å². The molecular formula is C14H17Cl2N. The van der Waals surface area contributed by atoms with Crippen LogP contribution in [-0.2, 0) is 6.42 Å². The summed E-state index contributed by atoms with van der Waals surface area (Å²) in [5.74, 6) is 2.66. The lowest BCUT2D eigenvalue weighted by Crippen LogP contribution is -2.31. The lowest BCUT2D eigenvalue weighted by atomic mass is 9.90. The minimum atomic E-state index is 0.235. The maximum Gasteiger partial charge on any atom is 0.0624 e. The summed E-state index contributed by atoms with van der Waals surface area (Å²) in [5.41, 5.74) is 7.40. The Morgan fingerprint density at radius 2 is 1.88 bits per heavy atom. The number of benzene rings is 1. The second-order valence-corrected chi connectivity index (χ2v) is 6.35. The molecule has 2 aliphatic rings. The lowest BCUT2D eigenvalue weighted by Gasteiger charge is -2.21. The van der Waals surface area contributed by atoms with E-state index in [0.29, 0.717) is 16.0 Å². The Kier molecular flexibility index (Phi) is 3.10. The predicted molar refractivity (Wildman–Crippen MR) is 72.5 cm³/mol. The molecule has 0 radical (unpaired) electrons. The maximum atomic E-state index is 6.31. The van der Waals surface area contributed by atoms with Crippen LogP contribution in [0.15, 0.2) is 18.2 Å². The summed E-state index contributed by atoms with van der Waals surface area (Å²) in [6.07, 6.45) is 4.94. The predicted octanol–water partition coefficient (Wildman–Crippen LogP) is 3.91. The quantitative estimate of drug-likeness (QED) is 0.885. The van der Waals surface area contributed by atoms with Crippen molar-refractivity contribution in [2.24, 2.45) is 23.5 Å². The molecule has 1 aromatic carbocycles. The highest BCUT2D eigenvalue weighted by molar-refractivity contribution is 6.42. The number of fused-ring (bicyclic) bond motifs is 1. The largest absolute Gasteiger partial charge is 0.327 e. The van der Waals surface area contributed by atoms with Crippen molar-refractivity contribution in [3.05, 3.63) is 33.8 Å². The maximum absolute atomic E-state index is 6.31. The molecule has 3 atom stereocenters. The summed E-state index contributed by atoms with van der Waals surface area (Å²) < 4.78 is 0. The molecule has 3 unspecified atom stereocenters. The highest BCUT2D eigenvalue weighted by atomic mass is 35.5. The van der Waals surface area contributed by atoms with Crippen molar-refractivity contribution < 1.29 is 0 Å². The van der Waals surface area contributed by atoms with Crippen LogP contribution >= 0.6 is 23.2 Å². The van der Waals surface area contributed by atoms with E-state index in [-0.39, 0.29) is 6.04 Å². The summed E-state index contributed by atoms with van der Waals surface area (Å²) in [4.78, 5) is 0. The molecule has 0 aromatic heterocycles. The van der Waals surface area contributed by atoms with Gasteiger partial charge in [-0.3, -0.25) is 0 Å². The van der Waals surface area contributed by atoms with Crippen molar-refractivity contribution in [2.45, 2.75) is 31.7 Å². The van der Waals surface area contributed by atoms with Gasteiger partial charge in [0.25, 0.3) is 0 Å². The van der Waals surface area contributed by atoms with Crippen LogP contribution in [0.5, 0.6) is 0 Å². The molecule has 0 bridgehead atoms. The number of nitrogens with two attached hydrogens (primary N) is 1. The van der Waals surface area contributed by atoms with Crippen molar-refractivity contribution in [2.75, 3.05) is 0 Å². The third-order valence-corrected chi connectivity index (χ3v) is 5.23. The molecule has 1 aromatic rings. The molecule has 0 amide bonds. The van der Waals surface area contributed by atoms with Crippen LogP contribution in [0.3, 0.4) is 0 Å². The molecule has 0 heterocycles. The van der Waals surface area contributed by atoms with Gasteiger partial charge in [-0.25, -0.2) is 0 Å². The summed E-state index contributed by atoms with van der Waals surface area (Å²) in [6.45, 7) is 0. The number of hydrogen-bond donors (Lipinski definition) is 1. The van der Waals surface area contributed by atoms with Crippen LogP contribution in [0.4, 0.5) is 0 Å². The Hall–Kier alpha value is -0.240. The zero-order valence-corrected chi connectivity index (χ0v) is 11.2. The average molecular weight is 270 g/mol. The number of rotatable bonds is 3. The molecule has 2 saturated carbocycles. The zero-order chi connectivity index (χ0) is 12.0. The van der Waals surface area contributed by atoms with E-state index in [1.807, 2.05) is 18.2 Å². The summed E-state index contributed by atoms with van der Waals surface area (Å²) in [6, 6.07) is 6.04. The minimum absolute atomic E-state index is 0.235. The van der Waals surface area contributed by atoms with E-state index < -0.39 is 0 Å². The van der Waals surface area contributed by atoms with Gasteiger partial charge in [0, 0.05) is 6.04 Å². The van der Waals surface area contributed by atoms with Gasteiger partial charge in [0.2, 0.25) is 0 Å². The van der Waals surface area contributed by atoms with Crippen LogP contribution in [0.25, 0.3) is 0 Å². The van der Waals surface area contributed by atoms with Gasteiger partial charge < -0.3 is 5.73 Å². The van der Waals surface area contributed by atoms with Crippen LogP contribution in [-0.4, -0.2) is 6.04 Å². The second-order valence-electron chi connectivity index (χ2n) is 5.57. The zero-order valence-electron chi connectivity index (χ0n) is 9.70. The molecule has 92 valence electrons. The van der Waals surface area contributed by atoms with Gasteiger partial charge in [-0.1, -0.05) is 35.3 Å². The van der Waals surface area contributed by atoms with Crippen molar-refractivity contribution >= 4 is 23.2 Å². The molecule has 1 nitrogen and oxygen atoms in total. The Bertz CT molecular complexity index is 422. The number of hydrogen-bond acceptors (Lipinski definition) is 1.